The van der Waals surface area contributed by atoms with Gasteiger partial charge in [-0.1, -0.05) is 54.9 Å². The van der Waals surface area contributed by atoms with Crippen molar-refractivity contribution in [3.63, 3.8) is 0 Å². The molecule has 0 saturated heterocycles. The molecule has 1 nitrogen and oxygen atoms in total. The third-order valence-electron chi connectivity index (χ3n) is 3.49. The fraction of sp³-hybridized carbons (Fsp3) is 1.00. The fourth-order valence-corrected chi connectivity index (χ4v) is 2.49. The first-order valence-electron chi connectivity index (χ1n) is 7.04. The Kier molecular flexibility index (Phi) is 9.29. The van der Waals surface area contributed by atoms with Crippen LogP contribution in [0.5, 0.6) is 0 Å². The van der Waals surface area contributed by atoms with Crippen molar-refractivity contribution < 1.29 is 0 Å². The predicted molar refractivity (Wildman–Crippen MR) is 77.0 cm³/mol. The van der Waals surface area contributed by atoms with E-state index >= 15 is 0 Å². The van der Waals surface area contributed by atoms with Crippen LogP contribution in [0.4, 0.5) is 0 Å². The minimum atomic E-state index is 0.336. The molecule has 0 heterocycles. The zero-order valence-electron chi connectivity index (χ0n) is 13.3. The van der Waals surface area contributed by atoms with Crippen molar-refractivity contribution in [2.24, 2.45) is 5.41 Å². The Morgan fingerprint density at radius 3 is 1.44 bits per heavy atom. The molecule has 0 saturated carbocycles. The van der Waals surface area contributed by atoms with Crippen molar-refractivity contribution in [3.05, 3.63) is 0 Å². The average Bonchev–Trinajstić information content (AvgIpc) is 2.20. The molecular formula is C15H35N. The highest BCUT2D eigenvalue weighted by atomic mass is 15.2. The predicted octanol–water partition coefficient (Wildman–Crippen LogP) is 4.96. The summed E-state index contributed by atoms with van der Waals surface area (Å²) in [4.78, 5) is 2.56. The van der Waals surface area contributed by atoms with Crippen molar-refractivity contribution in [2.75, 3.05) is 13.1 Å². The molecule has 1 heteroatoms. The summed E-state index contributed by atoms with van der Waals surface area (Å²) in [5, 5.41) is 0. The standard InChI is InChI=1S/C13H29N.C2H6/c1-8-12(4,5)11-13(6,7)14(9-2)10-3;1-2/h8-11H2,1-7H3;1-2H3. The minimum Gasteiger partial charge on any atom is -0.299 e. The second kappa shape index (κ2) is 8.11. The summed E-state index contributed by atoms with van der Waals surface area (Å²) in [5.74, 6) is 0. The molecule has 0 amide bonds. The molecule has 0 atom stereocenters. The average molecular weight is 229 g/mol. The van der Waals surface area contributed by atoms with Gasteiger partial charge in [-0.15, -0.1) is 0 Å². The molecule has 16 heavy (non-hydrogen) atoms. The van der Waals surface area contributed by atoms with E-state index in [1.165, 1.54) is 12.8 Å². The molecule has 0 N–H and O–H groups in total. The highest BCUT2D eigenvalue weighted by Crippen LogP contribution is 2.33. The molecule has 0 radical (unpaired) electrons. The summed E-state index contributed by atoms with van der Waals surface area (Å²) >= 11 is 0. The Bertz CT molecular complexity index is 155. The lowest BCUT2D eigenvalue weighted by molar-refractivity contribution is 0.0800. The van der Waals surface area contributed by atoms with Crippen LogP contribution in [0.1, 0.15) is 75.2 Å². The number of hydrogen-bond donors (Lipinski definition) is 0. The van der Waals surface area contributed by atoms with Crippen LogP contribution in [0.3, 0.4) is 0 Å². The van der Waals surface area contributed by atoms with Crippen LogP contribution >= 0.6 is 0 Å². The van der Waals surface area contributed by atoms with E-state index in [0.717, 1.165) is 13.1 Å². The smallest absolute Gasteiger partial charge is 0.0158 e. The van der Waals surface area contributed by atoms with Crippen LogP contribution in [0.2, 0.25) is 0 Å². The van der Waals surface area contributed by atoms with Crippen LogP contribution in [-0.2, 0) is 0 Å². The first-order chi connectivity index (χ1) is 7.29. The van der Waals surface area contributed by atoms with Gasteiger partial charge in [-0.25, -0.2) is 0 Å². The van der Waals surface area contributed by atoms with Gasteiger partial charge in [0.1, 0.15) is 0 Å². The first-order valence-corrected chi connectivity index (χ1v) is 7.04. The largest absolute Gasteiger partial charge is 0.299 e. The normalized spacial score (nSPS) is 12.4. The lowest BCUT2D eigenvalue weighted by Crippen LogP contribution is -2.46. The zero-order valence-corrected chi connectivity index (χ0v) is 13.3. The third-order valence-corrected chi connectivity index (χ3v) is 3.49. The minimum absolute atomic E-state index is 0.336. The van der Waals surface area contributed by atoms with Gasteiger partial charge in [0.25, 0.3) is 0 Å². The van der Waals surface area contributed by atoms with Crippen LogP contribution in [0.25, 0.3) is 0 Å². The van der Waals surface area contributed by atoms with Gasteiger partial charge in [0.2, 0.25) is 0 Å². The molecule has 0 aromatic rings. The number of rotatable bonds is 6. The molecule has 0 bridgehead atoms. The summed E-state index contributed by atoms with van der Waals surface area (Å²) < 4.78 is 0. The second-order valence-corrected chi connectivity index (χ2v) is 5.68. The zero-order chi connectivity index (χ0) is 13.4. The van der Waals surface area contributed by atoms with Crippen LogP contribution in [-0.4, -0.2) is 23.5 Å². The quantitative estimate of drug-likeness (QED) is 0.622. The Morgan fingerprint density at radius 2 is 1.19 bits per heavy atom. The van der Waals surface area contributed by atoms with Gasteiger partial charge < -0.3 is 0 Å². The van der Waals surface area contributed by atoms with Crippen LogP contribution in [0, 0.1) is 5.41 Å². The van der Waals surface area contributed by atoms with Crippen LogP contribution in [0.15, 0.2) is 0 Å². The van der Waals surface area contributed by atoms with Crippen molar-refractivity contribution in [3.8, 4) is 0 Å². The summed E-state index contributed by atoms with van der Waals surface area (Å²) in [6.45, 7) is 22.6. The van der Waals surface area contributed by atoms with E-state index < -0.39 is 0 Å². The Hall–Kier alpha value is -0.0400. The monoisotopic (exact) mass is 229 g/mol. The molecule has 100 valence electrons. The van der Waals surface area contributed by atoms with Crippen molar-refractivity contribution in [1.82, 2.24) is 4.90 Å². The van der Waals surface area contributed by atoms with E-state index in [1.807, 2.05) is 13.8 Å². The van der Waals surface area contributed by atoms with Gasteiger partial charge in [0.15, 0.2) is 0 Å². The third kappa shape index (κ3) is 6.52. The fourth-order valence-electron chi connectivity index (χ4n) is 2.49. The van der Waals surface area contributed by atoms with Gasteiger partial charge in [0, 0.05) is 5.54 Å². The SMILES string of the molecule is CC.CCN(CC)C(C)(C)CC(C)(C)CC. The van der Waals surface area contributed by atoms with E-state index in [0.29, 0.717) is 11.0 Å². The van der Waals surface area contributed by atoms with E-state index in [-0.39, 0.29) is 0 Å². The molecule has 0 aliphatic heterocycles. The molecule has 0 unspecified atom stereocenters. The van der Waals surface area contributed by atoms with Crippen molar-refractivity contribution >= 4 is 0 Å². The van der Waals surface area contributed by atoms with E-state index in [2.05, 4.69) is 53.4 Å². The lowest BCUT2D eigenvalue weighted by Gasteiger charge is -2.42. The number of nitrogens with zero attached hydrogens (tertiary/aromatic N) is 1. The van der Waals surface area contributed by atoms with Crippen molar-refractivity contribution in [2.45, 2.75) is 80.7 Å². The molecule has 0 aromatic carbocycles. The van der Waals surface area contributed by atoms with E-state index in [1.54, 1.807) is 0 Å². The Morgan fingerprint density at radius 1 is 0.812 bits per heavy atom. The molecular weight excluding hydrogens is 194 g/mol. The molecule has 0 fully saturated rings. The molecule has 0 spiro atoms. The van der Waals surface area contributed by atoms with Gasteiger partial charge in [-0.05, 0) is 38.8 Å². The molecule has 0 aliphatic rings. The summed E-state index contributed by atoms with van der Waals surface area (Å²) in [6.07, 6.45) is 2.54. The van der Waals surface area contributed by atoms with Gasteiger partial charge in [-0.2, -0.15) is 0 Å². The Labute approximate surface area is 105 Å². The summed E-state index contributed by atoms with van der Waals surface area (Å²) in [5.41, 5.74) is 0.801. The van der Waals surface area contributed by atoms with Gasteiger partial charge in [-0.3, -0.25) is 4.90 Å². The highest BCUT2D eigenvalue weighted by molar-refractivity contribution is 4.86. The highest BCUT2D eigenvalue weighted by Gasteiger charge is 2.30. The van der Waals surface area contributed by atoms with Crippen LogP contribution < -0.4 is 0 Å². The molecule has 0 rings (SSSR count). The van der Waals surface area contributed by atoms with Gasteiger partial charge in [0.05, 0.1) is 0 Å². The first kappa shape index (κ1) is 18.3. The maximum Gasteiger partial charge on any atom is 0.0158 e. The Balaban J connectivity index is 0. The van der Waals surface area contributed by atoms with Gasteiger partial charge >= 0.3 is 0 Å². The maximum atomic E-state index is 2.56. The topological polar surface area (TPSA) is 3.24 Å². The number of hydrogen-bond acceptors (Lipinski definition) is 1. The molecule has 0 aliphatic carbocycles. The maximum absolute atomic E-state index is 2.56. The summed E-state index contributed by atoms with van der Waals surface area (Å²) in [6, 6.07) is 0. The van der Waals surface area contributed by atoms with E-state index in [4.69, 9.17) is 0 Å². The summed E-state index contributed by atoms with van der Waals surface area (Å²) in [7, 11) is 0. The second-order valence-electron chi connectivity index (χ2n) is 5.68. The lowest BCUT2D eigenvalue weighted by atomic mass is 9.77. The van der Waals surface area contributed by atoms with Crippen molar-refractivity contribution in [1.29, 1.82) is 0 Å². The van der Waals surface area contributed by atoms with E-state index in [9.17, 15) is 0 Å². The molecule has 0 aromatic heterocycles.